The number of unbranched alkanes of at least 4 members (excludes halogenated alkanes) is 24. The number of hydrogen-bond donors (Lipinski definition) is 5. The first-order chi connectivity index (χ1) is 31.6. The summed E-state index contributed by atoms with van der Waals surface area (Å²) in [5.41, 5.74) is 8.27. The maximum atomic E-state index is 10.6. The first kappa shape index (κ1) is 62.3. The van der Waals surface area contributed by atoms with Gasteiger partial charge in [0, 0.05) is 25.0 Å². The highest BCUT2D eigenvalue weighted by molar-refractivity contribution is 5.77. The minimum atomic E-state index is -0.916. The lowest BCUT2D eigenvalue weighted by Gasteiger charge is -2.36. The number of rotatable bonds is 40. The maximum Gasteiger partial charge on any atom is 0.217 e. The van der Waals surface area contributed by atoms with Gasteiger partial charge in [-0.2, -0.15) is 0 Å². The van der Waals surface area contributed by atoms with Gasteiger partial charge in [-0.15, -0.1) is 0 Å². The highest BCUT2D eigenvalue weighted by atomic mass is 16.7. The number of amides is 1. The van der Waals surface area contributed by atoms with Crippen molar-refractivity contribution in [2.24, 2.45) is 5.73 Å². The van der Waals surface area contributed by atoms with Gasteiger partial charge in [0.15, 0.2) is 6.29 Å². The van der Waals surface area contributed by atoms with Gasteiger partial charge in [-0.1, -0.05) is 222 Å². The number of ether oxygens (including phenoxy) is 3. The molecule has 0 bridgehead atoms. The van der Waals surface area contributed by atoms with Crippen molar-refractivity contribution < 1.29 is 44.2 Å². The quantitative estimate of drug-likeness (QED) is 0.0186. The number of allylic oxidation sites excluding steroid dienone is 4. The summed E-state index contributed by atoms with van der Waals surface area (Å²) in [5, 5.41) is 38.8. The van der Waals surface area contributed by atoms with Gasteiger partial charge in [0.2, 0.25) is 5.91 Å². The summed E-state index contributed by atoms with van der Waals surface area (Å²) < 4.78 is 16.7. The lowest BCUT2D eigenvalue weighted by Crippen LogP contribution is -2.49. The van der Waals surface area contributed by atoms with E-state index in [9.17, 15) is 24.9 Å². The van der Waals surface area contributed by atoms with E-state index >= 15 is 0 Å². The van der Waals surface area contributed by atoms with Crippen molar-refractivity contribution in [3.8, 4) is 0 Å². The molecule has 1 aliphatic heterocycles. The first-order valence-corrected chi connectivity index (χ1v) is 25.9. The van der Waals surface area contributed by atoms with Gasteiger partial charge in [-0.05, 0) is 38.2 Å². The van der Waals surface area contributed by atoms with Gasteiger partial charge in [-0.3, -0.25) is 9.59 Å². The number of aryl methyl sites for hydroxylation is 1. The Balaban J connectivity index is 0.00000108. The van der Waals surface area contributed by atoms with Crippen molar-refractivity contribution >= 4 is 12.2 Å². The topological polar surface area (TPSA) is 169 Å². The van der Waals surface area contributed by atoms with E-state index in [0.29, 0.717) is 18.4 Å². The van der Waals surface area contributed by atoms with Gasteiger partial charge < -0.3 is 40.4 Å². The Kier molecular flexibility index (Phi) is 44.5. The average Bonchev–Trinajstić information content (AvgIpc) is 3.29. The number of nitrogens with two attached hydrogens (primary N) is 1. The molecule has 0 aromatic heterocycles. The second-order valence-electron chi connectivity index (χ2n) is 18.0. The number of aldehydes is 1. The number of aliphatic hydroxyl groups excluding tert-OH is 4. The summed E-state index contributed by atoms with van der Waals surface area (Å²) in [6, 6.07) is 8.56. The van der Waals surface area contributed by atoms with Crippen molar-refractivity contribution in [1.82, 2.24) is 0 Å². The largest absolute Gasteiger partial charge is 0.394 e. The van der Waals surface area contributed by atoms with E-state index in [1.54, 1.807) is 12.2 Å². The Morgan fingerprint density at radius 3 is 1.75 bits per heavy atom. The molecule has 2 rings (SSSR count). The Bertz CT molecular complexity index is 1280. The summed E-state index contributed by atoms with van der Waals surface area (Å²) in [6.07, 6.45) is 37.3. The summed E-state index contributed by atoms with van der Waals surface area (Å²) in [5.74, 6) is -0.162. The predicted molar refractivity (Wildman–Crippen MR) is 268 cm³/mol. The molecule has 10 heteroatoms. The Hall–Kier alpha value is -2.70. The van der Waals surface area contributed by atoms with Crippen LogP contribution in [0.2, 0.25) is 0 Å². The van der Waals surface area contributed by atoms with Crippen LogP contribution in [0.25, 0.3) is 0 Å². The molecule has 1 heterocycles. The zero-order valence-corrected chi connectivity index (χ0v) is 41.4. The highest BCUT2D eigenvalue weighted by Gasteiger charge is 2.36. The van der Waals surface area contributed by atoms with E-state index in [-0.39, 0.29) is 25.5 Å². The smallest absolute Gasteiger partial charge is 0.217 e. The molecular weight excluding hydrogens is 819 g/mol. The number of primary amides is 1. The van der Waals surface area contributed by atoms with E-state index < -0.39 is 30.7 Å². The summed E-state index contributed by atoms with van der Waals surface area (Å²) in [7, 11) is 0. The van der Waals surface area contributed by atoms with Crippen LogP contribution in [-0.2, 0) is 30.4 Å². The second-order valence-corrected chi connectivity index (χ2v) is 18.0. The third kappa shape index (κ3) is 40.1. The van der Waals surface area contributed by atoms with Gasteiger partial charge in [-0.25, -0.2) is 0 Å². The molecule has 1 saturated heterocycles. The van der Waals surface area contributed by atoms with E-state index in [1.807, 2.05) is 0 Å². The summed E-state index contributed by atoms with van der Waals surface area (Å²) in [4.78, 5) is 20.6. The van der Waals surface area contributed by atoms with Crippen molar-refractivity contribution in [3.63, 3.8) is 0 Å². The molecule has 65 heavy (non-hydrogen) atoms. The third-order valence-corrected chi connectivity index (χ3v) is 11.8. The Morgan fingerprint density at radius 2 is 1.29 bits per heavy atom. The second kappa shape index (κ2) is 46.4. The van der Waals surface area contributed by atoms with Crippen LogP contribution in [0.1, 0.15) is 211 Å². The summed E-state index contributed by atoms with van der Waals surface area (Å²) in [6.45, 7) is 12.8. The summed E-state index contributed by atoms with van der Waals surface area (Å²) >= 11 is 0. The first-order valence-electron chi connectivity index (χ1n) is 25.9. The van der Waals surface area contributed by atoms with Crippen LogP contribution in [-0.4, -0.2) is 83.1 Å². The van der Waals surface area contributed by atoms with E-state index in [1.165, 1.54) is 158 Å². The van der Waals surface area contributed by atoms with Gasteiger partial charge in [0.25, 0.3) is 0 Å². The molecule has 1 amide bonds. The van der Waals surface area contributed by atoms with Gasteiger partial charge in [0.1, 0.15) is 18.5 Å². The van der Waals surface area contributed by atoms with Crippen LogP contribution < -0.4 is 5.73 Å². The number of aliphatic hydroxyl groups is 4. The maximum absolute atomic E-state index is 10.6. The van der Waals surface area contributed by atoms with Gasteiger partial charge >= 0.3 is 0 Å². The van der Waals surface area contributed by atoms with Crippen LogP contribution in [0.3, 0.4) is 0 Å². The third-order valence-electron chi connectivity index (χ3n) is 11.8. The molecule has 0 saturated carbocycles. The fraction of sp³-hybridized carbons (Fsp3) is 0.745. The normalized spacial score (nSPS) is 17.6. The molecule has 1 aromatic rings. The van der Waals surface area contributed by atoms with Crippen LogP contribution >= 0.6 is 0 Å². The molecule has 4 unspecified atom stereocenters. The Labute approximate surface area is 396 Å². The standard InChI is InChI=1S/C24H41NO2.C24H48O6.C7H8O/c1-22-16-15-17-23(20-22)21-27-19-14-12-10-8-6-4-2-3-5-7-9-11-13-18-24(25)26;1-2-3-4-5-6-7-8-9-10-11-12-13-14-15-20(26)16-17-29-24-22(28)18-21(27)23(19-25)30-24;1-3-5-7(4-2)6-8/h15-17,20H,2-14,18-19,21H2,1H3,(H2,25,26);20-28H,2-19H2,1H3;3-6H,1-2H2/b;;7-5+/t;20-,21?,22?,23?,24?;/m.1./s1. The monoisotopic (exact) mass is 916 g/mol. The molecule has 1 aromatic carbocycles. The zero-order valence-electron chi connectivity index (χ0n) is 41.4. The van der Waals surface area contributed by atoms with Crippen molar-refractivity contribution in [1.29, 1.82) is 0 Å². The number of carbonyl (C=O) groups is 2. The lowest BCUT2D eigenvalue weighted by molar-refractivity contribution is -0.271. The molecule has 10 nitrogen and oxygen atoms in total. The SMILES string of the molecule is C=C/C=C(\C=C)C=O.CCCCCCCCCCCCCCC[C@@H](O)CCOC1OC(CO)C(O)CC1O.Cc1cccc(COCCCCCCCCCCCCCCCC(N)=O)c1. The number of benzene rings is 1. The minimum Gasteiger partial charge on any atom is -0.394 e. The van der Waals surface area contributed by atoms with Crippen LogP contribution in [0.5, 0.6) is 0 Å². The van der Waals surface area contributed by atoms with Crippen LogP contribution in [0, 0.1) is 6.92 Å². The lowest BCUT2D eigenvalue weighted by atomic mass is 10.0. The molecule has 0 radical (unpaired) electrons. The van der Waals surface area contributed by atoms with Gasteiger partial charge in [0.05, 0.1) is 32.0 Å². The fourth-order valence-electron chi connectivity index (χ4n) is 7.77. The molecule has 1 fully saturated rings. The van der Waals surface area contributed by atoms with Crippen molar-refractivity contribution in [3.05, 3.63) is 72.4 Å². The highest BCUT2D eigenvalue weighted by Crippen LogP contribution is 2.22. The van der Waals surface area contributed by atoms with E-state index in [0.717, 1.165) is 51.6 Å². The molecular formula is C55H97NO9. The molecule has 5 atom stereocenters. The minimum absolute atomic E-state index is 0.122. The van der Waals surface area contributed by atoms with E-state index in [4.69, 9.17) is 25.1 Å². The molecule has 6 N–H and O–H groups in total. The molecule has 0 spiro atoms. The number of hydrogen-bond acceptors (Lipinski definition) is 9. The van der Waals surface area contributed by atoms with E-state index in [2.05, 4.69) is 51.3 Å². The van der Waals surface area contributed by atoms with Crippen molar-refractivity contribution in [2.75, 3.05) is 19.8 Å². The molecule has 1 aliphatic rings. The zero-order chi connectivity index (χ0) is 48.0. The average molecular weight is 916 g/mol. The number of carbonyl (C=O) groups excluding carboxylic acids is 2. The molecule has 0 aliphatic carbocycles. The van der Waals surface area contributed by atoms with Crippen LogP contribution in [0.4, 0.5) is 0 Å². The van der Waals surface area contributed by atoms with Crippen molar-refractivity contribution in [2.45, 2.75) is 244 Å². The Morgan fingerprint density at radius 1 is 0.769 bits per heavy atom. The predicted octanol–water partition coefficient (Wildman–Crippen LogP) is 12.0. The molecule has 376 valence electrons. The van der Waals surface area contributed by atoms with Crippen LogP contribution in [0.15, 0.2) is 61.2 Å². The fourth-order valence-corrected chi connectivity index (χ4v) is 7.77.